The number of halogens is 1. The van der Waals surface area contributed by atoms with Crippen molar-refractivity contribution in [3.63, 3.8) is 0 Å². The zero-order valence-electron chi connectivity index (χ0n) is 18.1. The van der Waals surface area contributed by atoms with E-state index >= 15 is 0 Å². The van der Waals surface area contributed by atoms with Crippen LogP contribution in [0.15, 0.2) is 73.1 Å². The van der Waals surface area contributed by atoms with Crippen molar-refractivity contribution in [3.8, 4) is 0 Å². The maximum absolute atomic E-state index is 13.4. The molecule has 3 heterocycles. The molecule has 32 heavy (non-hydrogen) atoms. The molecule has 1 N–H and O–H groups in total. The normalized spacial score (nSPS) is 15.3. The van der Waals surface area contributed by atoms with Crippen molar-refractivity contribution in [1.29, 1.82) is 0 Å². The molecule has 1 aliphatic rings. The van der Waals surface area contributed by atoms with Crippen molar-refractivity contribution in [2.75, 3.05) is 25.0 Å². The first-order valence-electron chi connectivity index (χ1n) is 11.3. The summed E-state index contributed by atoms with van der Waals surface area (Å²) in [6, 6.07) is 19.5. The van der Waals surface area contributed by atoms with Gasteiger partial charge in [0.2, 0.25) is 5.95 Å². The van der Waals surface area contributed by atoms with Gasteiger partial charge in [0.15, 0.2) is 0 Å². The second-order valence-corrected chi connectivity index (χ2v) is 8.50. The molecule has 1 saturated heterocycles. The Morgan fingerprint density at radius 3 is 2.44 bits per heavy atom. The lowest BCUT2D eigenvalue weighted by atomic mass is 10.0. The van der Waals surface area contributed by atoms with E-state index in [9.17, 15) is 4.39 Å². The van der Waals surface area contributed by atoms with E-state index in [-0.39, 0.29) is 5.82 Å². The number of pyridine rings is 1. The van der Waals surface area contributed by atoms with Crippen molar-refractivity contribution >= 4 is 17.0 Å². The highest BCUT2D eigenvalue weighted by molar-refractivity contribution is 5.78. The van der Waals surface area contributed by atoms with Crippen molar-refractivity contribution in [2.24, 2.45) is 0 Å². The van der Waals surface area contributed by atoms with E-state index in [1.807, 2.05) is 42.7 Å². The van der Waals surface area contributed by atoms with Crippen LogP contribution in [0.4, 0.5) is 10.3 Å². The third kappa shape index (κ3) is 4.81. The van der Waals surface area contributed by atoms with Crippen LogP contribution in [0.25, 0.3) is 11.0 Å². The Bertz CT molecular complexity index is 1150. The lowest BCUT2D eigenvalue weighted by Crippen LogP contribution is -2.40. The summed E-state index contributed by atoms with van der Waals surface area (Å²) in [5.41, 5.74) is 4.47. The number of anilines is 1. The molecule has 2 aromatic carbocycles. The summed E-state index contributed by atoms with van der Waals surface area (Å²) in [4.78, 5) is 11.5. The first-order chi connectivity index (χ1) is 15.7. The molecule has 0 spiro atoms. The van der Waals surface area contributed by atoms with E-state index in [1.165, 1.54) is 17.7 Å². The van der Waals surface area contributed by atoms with Gasteiger partial charge in [-0.2, -0.15) is 0 Å². The first-order valence-corrected chi connectivity index (χ1v) is 11.3. The van der Waals surface area contributed by atoms with E-state index < -0.39 is 0 Å². The number of hydrogen-bond acceptors (Lipinski definition) is 4. The van der Waals surface area contributed by atoms with Crippen LogP contribution in [0.3, 0.4) is 0 Å². The Hall–Kier alpha value is -3.25. The van der Waals surface area contributed by atoms with Crippen LogP contribution in [0.1, 0.15) is 24.0 Å². The molecule has 0 radical (unpaired) electrons. The van der Waals surface area contributed by atoms with Crippen LogP contribution < -0.4 is 5.32 Å². The van der Waals surface area contributed by atoms with Crippen LogP contribution in [-0.2, 0) is 13.0 Å². The number of fused-ring (bicyclic) bond motifs is 1. The standard InChI is InChI=1S/C26H28FN5/c27-22-7-5-21(6-8-22)19-32-25-4-2-1-3-24(25)30-26(32)29-23-12-17-31(18-13-23)16-11-20-9-14-28-15-10-20/h1-10,14-15,23H,11-13,16-19H2,(H,29,30). The molecule has 5 nitrogen and oxygen atoms in total. The van der Waals surface area contributed by atoms with Crippen molar-refractivity contribution < 1.29 is 4.39 Å². The van der Waals surface area contributed by atoms with E-state index in [2.05, 4.69) is 38.0 Å². The molecule has 0 aliphatic carbocycles. The molecule has 0 atom stereocenters. The average Bonchev–Trinajstić information content (AvgIpc) is 3.17. The van der Waals surface area contributed by atoms with Gasteiger partial charge in [0.1, 0.15) is 5.82 Å². The van der Waals surface area contributed by atoms with Crippen LogP contribution in [-0.4, -0.2) is 45.1 Å². The number of nitrogens with zero attached hydrogens (tertiary/aromatic N) is 4. The maximum atomic E-state index is 13.4. The van der Waals surface area contributed by atoms with Gasteiger partial charge in [-0.15, -0.1) is 0 Å². The lowest BCUT2D eigenvalue weighted by molar-refractivity contribution is 0.221. The molecule has 0 saturated carbocycles. The van der Waals surface area contributed by atoms with Crippen molar-refractivity contribution in [2.45, 2.75) is 31.8 Å². The number of aromatic nitrogens is 3. The predicted molar refractivity (Wildman–Crippen MR) is 126 cm³/mol. The van der Waals surface area contributed by atoms with E-state index in [0.717, 1.165) is 61.4 Å². The summed E-state index contributed by atoms with van der Waals surface area (Å²) in [6.07, 6.45) is 6.98. The maximum Gasteiger partial charge on any atom is 0.204 e. The van der Waals surface area contributed by atoms with Gasteiger partial charge in [-0.05, 0) is 66.8 Å². The highest BCUT2D eigenvalue weighted by atomic mass is 19.1. The Labute approximate surface area is 187 Å². The van der Waals surface area contributed by atoms with E-state index in [4.69, 9.17) is 4.98 Å². The number of imidazole rings is 1. The lowest BCUT2D eigenvalue weighted by Gasteiger charge is -2.32. The second kappa shape index (κ2) is 9.49. The molecule has 6 heteroatoms. The predicted octanol–water partition coefficient (Wildman–Crippen LogP) is 4.74. The topological polar surface area (TPSA) is 46.0 Å². The number of benzene rings is 2. The quantitative estimate of drug-likeness (QED) is 0.461. The summed E-state index contributed by atoms with van der Waals surface area (Å²) in [7, 11) is 0. The molecule has 2 aromatic heterocycles. The number of rotatable bonds is 7. The fourth-order valence-corrected chi connectivity index (χ4v) is 4.44. The molecule has 5 rings (SSSR count). The Balaban J connectivity index is 1.25. The van der Waals surface area contributed by atoms with Crippen molar-refractivity contribution in [3.05, 3.63) is 90.0 Å². The van der Waals surface area contributed by atoms with Crippen molar-refractivity contribution in [1.82, 2.24) is 19.4 Å². The minimum atomic E-state index is -0.210. The summed E-state index contributed by atoms with van der Waals surface area (Å²) in [5, 5.41) is 3.71. The number of nitrogens with one attached hydrogen (secondary N) is 1. The zero-order chi connectivity index (χ0) is 21.8. The fourth-order valence-electron chi connectivity index (χ4n) is 4.44. The Morgan fingerprint density at radius 2 is 1.66 bits per heavy atom. The van der Waals surface area contributed by atoms with Gasteiger partial charge in [-0.3, -0.25) is 4.98 Å². The number of para-hydroxylation sites is 2. The average molecular weight is 430 g/mol. The number of piperidine rings is 1. The summed E-state index contributed by atoms with van der Waals surface area (Å²) in [6.45, 7) is 3.91. The van der Waals surface area contributed by atoms with Gasteiger partial charge < -0.3 is 14.8 Å². The van der Waals surface area contributed by atoms with Gasteiger partial charge in [-0.1, -0.05) is 24.3 Å². The number of hydrogen-bond donors (Lipinski definition) is 1. The summed E-state index contributed by atoms with van der Waals surface area (Å²) >= 11 is 0. The van der Waals surface area contributed by atoms with Crippen LogP contribution >= 0.6 is 0 Å². The second-order valence-electron chi connectivity index (χ2n) is 8.50. The fraction of sp³-hybridized carbons (Fsp3) is 0.308. The molecular formula is C26H28FN5. The summed E-state index contributed by atoms with van der Waals surface area (Å²) < 4.78 is 15.6. The monoisotopic (exact) mass is 429 g/mol. The molecule has 0 bridgehead atoms. The van der Waals surface area contributed by atoms with E-state index in [0.29, 0.717) is 12.6 Å². The zero-order valence-corrected chi connectivity index (χ0v) is 18.1. The largest absolute Gasteiger partial charge is 0.353 e. The first kappa shape index (κ1) is 20.6. The van der Waals surface area contributed by atoms with Gasteiger partial charge in [0, 0.05) is 38.1 Å². The molecule has 1 aliphatic heterocycles. The minimum absolute atomic E-state index is 0.210. The van der Waals surface area contributed by atoms with Crippen LogP contribution in [0.2, 0.25) is 0 Å². The van der Waals surface area contributed by atoms with Gasteiger partial charge in [0.05, 0.1) is 17.6 Å². The molecule has 1 fully saturated rings. The van der Waals surface area contributed by atoms with Gasteiger partial charge in [-0.25, -0.2) is 9.37 Å². The highest BCUT2D eigenvalue weighted by Gasteiger charge is 2.21. The molecule has 0 amide bonds. The highest BCUT2D eigenvalue weighted by Crippen LogP contribution is 2.24. The Kier molecular flexibility index (Phi) is 6.12. The van der Waals surface area contributed by atoms with Crippen LogP contribution in [0.5, 0.6) is 0 Å². The van der Waals surface area contributed by atoms with Crippen LogP contribution in [0, 0.1) is 5.82 Å². The third-order valence-electron chi connectivity index (χ3n) is 6.30. The Morgan fingerprint density at radius 1 is 0.906 bits per heavy atom. The molecule has 0 unspecified atom stereocenters. The van der Waals surface area contributed by atoms with Gasteiger partial charge in [0.25, 0.3) is 0 Å². The SMILES string of the molecule is Fc1ccc(Cn2c(NC3CCN(CCc4ccncc4)CC3)nc3ccccc32)cc1. The number of likely N-dealkylation sites (tertiary alicyclic amines) is 1. The molecular weight excluding hydrogens is 401 g/mol. The molecule has 164 valence electrons. The minimum Gasteiger partial charge on any atom is -0.353 e. The third-order valence-corrected chi connectivity index (χ3v) is 6.30. The summed E-state index contributed by atoms with van der Waals surface area (Å²) in [5.74, 6) is 0.684. The van der Waals surface area contributed by atoms with Gasteiger partial charge >= 0.3 is 0 Å². The molecule has 4 aromatic rings. The smallest absolute Gasteiger partial charge is 0.204 e. The van der Waals surface area contributed by atoms with E-state index in [1.54, 1.807) is 0 Å².